The lowest BCUT2D eigenvalue weighted by Crippen LogP contribution is -2.09. The minimum atomic E-state index is 0.374. The molecule has 0 spiro atoms. The molecule has 1 atom stereocenters. The van der Waals surface area contributed by atoms with Crippen LogP contribution < -0.4 is 0 Å². The van der Waals surface area contributed by atoms with Crippen LogP contribution in [0.25, 0.3) is 0 Å². The topological polar surface area (TPSA) is 17.8 Å². The largest absolute Gasteiger partial charge is 0.250 e. The van der Waals surface area contributed by atoms with E-state index in [9.17, 15) is 0 Å². The lowest BCUT2D eigenvalue weighted by atomic mass is 10.1. The summed E-state index contributed by atoms with van der Waals surface area (Å²) in [5, 5.41) is 5.38. The van der Waals surface area contributed by atoms with Crippen LogP contribution in [0.5, 0.6) is 0 Å². The standard InChI is InChI=1S/C12H18Cl2N2/c1-7(2)11-10(6-13)12(14)16(15-11)8(3)9-4-5-9/h7-9H,4-6H2,1-3H3. The van der Waals surface area contributed by atoms with Crippen LogP contribution in [0.15, 0.2) is 0 Å². The van der Waals surface area contributed by atoms with Crippen molar-refractivity contribution in [3.05, 3.63) is 16.4 Å². The van der Waals surface area contributed by atoms with E-state index in [4.69, 9.17) is 23.2 Å². The maximum absolute atomic E-state index is 6.36. The molecule has 2 nitrogen and oxygen atoms in total. The van der Waals surface area contributed by atoms with Gasteiger partial charge in [-0.2, -0.15) is 5.10 Å². The highest BCUT2D eigenvalue weighted by Gasteiger charge is 2.32. The third-order valence-corrected chi connectivity index (χ3v) is 4.01. The molecule has 0 radical (unpaired) electrons. The second kappa shape index (κ2) is 4.58. The van der Waals surface area contributed by atoms with Gasteiger partial charge < -0.3 is 0 Å². The lowest BCUT2D eigenvalue weighted by Gasteiger charge is -2.11. The fourth-order valence-electron chi connectivity index (χ4n) is 2.10. The molecule has 2 rings (SSSR count). The summed E-state index contributed by atoms with van der Waals surface area (Å²) < 4.78 is 1.96. The molecule has 1 aromatic heterocycles. The number of aromatic nitrogens is 2. The van der Waals surface area contributed by atoms with Crippen molar-refractivity contribution in [3.63, 3.8) is 0 Å². The van der Waals surface area contributed by atoms with Crippen molar-refractivity contribution >= 4 is 23.2 Å². The van der Waals surface area contributed by atoms with Crippen molar-refractivity contribution in [1.82, 2.24) is 9.78 Å². The Hall–Kier alpha value is -0.210. The molecule has 90 valence electrons. The first-order valence-corrected chi connectivity index (χ1v) is 6.80. The van der Waals surface area contributed by atoms with Gasteiger partial charge in [0.05, 0.1) is 17.6 Å². The molecule has 0 amide bonds. The van der Waals surface area contributed by atoms with E-state index in [-0.39, 0.29) is 0 Å². The summed E-state index contributed by atoms with van der Waals surface area (Å²) in [6, 6.07) is 0.405. The Balaban J connectivity index is 2.38. The van der Waals surface area contributed by atoms with Crippen molar-refractivity contribution in [2.45, 2.75) is 51.5 Å². The maximum atomic E-state index is 6.36. The van der Waals surface area contributed by atoms with Crippen LogP contribution in [-0.2, 0) is 5.88 Å². The Morgan fingerprint density at radius 2 is 2.00 bits per heavy atom. The first-order chi connectivity index (χ1) is 7.56. The summed E-state index contributed by atoms with van der Waals surface area (Å²) in [7, 11) is 0. The molecule has 1 heterocycles. The van der Waals surface area contributed by atoms with E-state index in [0.717, 1.165) is 22.3 Å². The molecule has 0 bridgehead atoms. The quantitative estimate of drug-likeness (QED) is 0.736. The molecule has 1 aromatic rings. The minimum absolute atomic E-state index is 0.374. The molecule has 4 heteroatoms. The third kappa shape index (κ3) is 2.10. The lowest BCUT2D eigenvalue weighted by molar-refractivity contribution is 0.436. The van der Waals surface area contributed by atoms with E-state index in [1.807, 2.05) is 4.68 Å². The maximum Gasteiger partial charge on any atom is 0.132 e. The van der Waals surface area contributed by atoms with Gasteiger partial charge in [0.2, 0.25) is 0 Å². The summed E-state index contributed by atoms with van der Waals surface area (Å²) in [4.78, 5) is 0. The number of alkyl halides is 1. The molecular weight excluding hydrogens is 243 g/mol. The zero-order chi connectivity index (χ0) is 11.9. The highest BCUT2D eigenvalue weighted by molar-refractivity contribution is 6.31. The fraction of sp³-hybridized carbons (Fsp3) is 0.750. The van der Waals surface area contributed by atoms with Gasteiger partial charge in [0.1, 0.15) is 5.15 Å². The number of rotatable bonds is 4. The second-order valence-corrected chi connectivity index (χ2v) is 5.59. The molecule has 1 aliphatic rings. The molecule has 0 aromatic carbocycles. The molecular formula is C12H18Cl2N2. The average molecular weight is 261 g/mol. The van der Waals surface area contributed by atoms with Gasteiger partial charge in [0, 0.05) is 5.56 Å². The summed E-state index contributed by atoms with van der Waals surface area (Å²) in [5.74, 6) is 1.57. The van der Waals surface area contributed by atoms with Crippen molar-refractivity contribution in [3.8, 4) is 0 Å². The average Bonchev–Trinajstić information content (AvgIpc) is 3.01. The van der Waals surface area contributed by atoms with Gasteiger partial charge in [0.15, 0.2) is 0 Å². The molecule has 0 saturated heterocycles. The first-order valence-electron chi connectivity index (χ1n) is 5.89. The Bertz CT molecular complexity index is 381. The molecule has 16 heavy (non-hydrogen) atoms. The van der Waals surface area contributed by atoms with Gasteiger partial charge in [-0.05, 0) is 31.6 Å². The van der Waals surface area contributed by atoms with E-state index in [1.165, 1.54) is 12.8 Å². The normalized spacial score (nSPS) is 18.1. The van der Waals surface area contributed by atoms with Gasteiger partial charge in [-0.1, -0.05) is 25.4 Å². The van der Waals surface area contributed by atoms with E-state index in [2.05, 4.69) is 25.9 Å². The predicted octanol–water partition coefficient (Wildman–Crippen LogP) is 4.37. The van der Waals surface area contributed by atoms with E-state index < -0.39 is 0 Å². The van der Waals surface area contributed by atoms with Gasteiger partial charge in [-0.25, -0.2) is 0 Å². The summed E-state index contributed by atoms with van der Waals surface area (Å²) in [6.07, 6.45) is 2.59. The number of hydrogen-bond donors (Lipinski definition) is 0. The van der Waals surface area contributed by atoms with Crippen molar-refractivity contribution in [2.75, 3.05) is 0 Å². The van der Waals surface area contributed by atoms with E-state index >= 15 is 0 Å². The number of hydrogen-bond acceptors (Lipinski definition) is 1. The van der Waals surface area contributed by atoms with Crippen molar-refractivity contribution in [2.24, 2.45) is 5.92 Å². The smallest absolute Gasteiger partial charge is 0.132 e. The summed E-state index contributed by atoms with van der Waals surface area (Å²) in [6.45, 7) is 6.44. The van der Waals surface area contributed by atoms with Crippen LogP contribution in [0.2, 0.25) is 5.15 Å². The molecule has 1 aliphatic carbocycles. The van der Waals surface area contributed by atoms with Crippen LogP contribution in [-0.4, -0.2) is 9.78 Å². The number of nitrogens with zero attached hydrogens (tertiary/aromatic N) is 2. The van der Waals surface area contributed by atoms with Crippen LogP contribution in [0.4, 0.5) is 0 Å². The van der Waals surface area contributed by atoms with E-state index in [0.29, 0.717) is 17.8 Å². The van der Waals surface area contributed by atoms with Crippen molar-refractivity contribution < 1.29 is 0 Å². The Morgan fingerprint density at radius 3 is 2.38 bits per heavy atom. The van der Waals surface area contributed by atoms with Gasteiger partial charge in [0.25, 0.3) is 0 Å². The zero-order valence-corrected chi connectivity index (χ0v) is 11.5. The third-order valence-electron chi connectivity index (χ3n) is 3.35. The molecule has 1 fully saturated rings. The molecule has 0 aliphatic heterocycles. The van der Waals surface area contributed by atoms with Crippen LogP contribution >= 0.6 is 23.2 Å². The monoisotopic (exact) mass is 260 g/mol. The highest BCUT2D eigenvalue weighted by atomic mass is 35.5. The Morgan fingerprint density at radius 1 is 1.38 bits per heavy atom. The Labute approximate surface area is 107 Å². The Kier molecular flexibility index (Phi) is 3.50. The highest BCUT2D eigenvalue weighted by Crippen LogP contribution is 2.41. The summed E-state index contributed by atoms with van der Waals surface area (Å²) in [5.41, 5.74) is 2.05. The molecule has 0 N–H and O–H groups in total. The van der Waals surface area contributed by atoms with Crippen LogP contribution in [0, 0.1) is 5.92 Å². The van der Waals surface area contributed by atoms with Gasteiger partial charge >= 0.3 is 0 Å². The van der Waals surface area contributed by atoms with Gasteiger partial charge in [-0.3, -0.25) is 4.68 Å². The fourth-order valence-corrected chi connectivity index (χ4v) is 2.79. The SMILES string of the molecule is CC(C)c1nn(C(C)C2CC2)c(Cl)c1CCl. The van der Waals surface area contributed by atoms with Gasteiger partial charge in [-0.15, -0.1) is 11.6 Å². The zero-order valence-electron chi connectivity index (χ0n) is 10.0. The van der Waals surface area contributed by atoms with Crippen LogP contribution in [0.1, 0.15) is 56.8 Å². The second-order valence-electron chi connectivity index (χ2n) is 4.97. The molecule has 1 saturated carbocycles. The molecule has 1 unspecified atom stereocenters. The number of halogens is 2. The first kappa shape index (κ1) is 12.3. The minimum Gasteiger partial charge on any atom is -0.250 e. The predicted molar refractivity (Wildman–Crippen MR) is 68.3 cm³/mol. The van der Waals surface area contributed by atoms with Crippen molar-refractivity contribution in [1.29, 1.82) is 0 Å². The summed E-state index contributed by atoms with van der Waals surface area (Å²) >= 11 is 12.3. The van der Waals surface area contributed by atoms with E-state index in [1.54, 1.807) is 0 Å². The van der Waals surface area contributed by atoms with Crippen LogP contribution in [0.3, 0.4) is 0 Å².